The maximum absolute atomic E-state index is 13.3. The number of hydrogen-bond acceptors (Lipinski definition) is 3. The normalized spacial score (nSPS) is 32.8. The maximum Gasteiger partial charge on any atom is 0.253 e. The van der Waals surface area contributed by atoms with E-state index in [9.17, 15) is 13.2 Å². The molecule has 0 aliphatic heterocycles. The van der Waals surface area contributed by atoms with Gasteiger partial charge in [-0.05, 0) is 93.1 Å². The first kappa shape index (κ1) is 22.0. The molecule has 0 heterocycles. The zero-order valence-corrected chi connectivity index (χ0v) is 20.1. The van der Waals surface area contributed by atoms with Crippen LogP contribution in [0, 0.1) is 23.2 Å². The van der Waals surface area contributed by atoms with E-state index in [1.54, 1.807) is 0 Å². The molecule has 0 unspecified atom stereocenters. The average molecular weight is 485 g/mol. The summed E-state index contributed by atoms with van der Waals surface area (Å²) in [5.74, 6) is 2.07. The van der Waals surface area contributed by atoms with Crippen LogP contribution in [0.4, 0.5) is 0 Å². The van der Waals surface area contributed by atoms with Crippen LogP contribution >= 0.6 is 23.2 Å². The van der Waals surface area contributed by atoms with E-state index in [0.29, 0.717) is 0 Å². The number of rotatable bonds is 7. The molecule has 5 aliphatic rings. The Balaban J connectivity index is 1.40. The van der Waals surface area contributed by atoms with Crippen LogP contribution in [-0.4, -0.2) is 26.4 Å². The van der Waals surface area contributed by atoms with Gasteiger partial charge in [0.2, 0.25) is 10.0 Å². The van der Waals surface area contributed by atoms with Crippen molar-refractivity contribution in [2.24, 2.45) is 23.2 Å². The third-order valence-electron chi connectivity index (χ3n) is 7.99. The van der Waals surface area contributed by atoms with Crippen molar-refractivity contribution in [2.75, 3.05) is 0 Å². The second-order valence-corrected chi connectivity index (χ2v) is 12.9. The molecule has 5 nitrogen and oxygen atoms in total. The quantitative estimate of drug-likeness (QED) is 0.560. The zero-order chi connectivity index (χ0) is 22.0. The first-order valence-electron chi connectivity index (χ1n) is 11.5. The molecule has 5 aliphatic carbocycles. The molecule has 31 heavy (non-hydrogen) atoms. The van der Waals surface area contributed by atoms with Crippen molar-refractivity contribution in [3.05, 3.63) is 27.7 Å². The third kappa shape index (κ3) is 4.14. The van der Waals surface area contributed by atoms with E-state index < -0.39 is 10.0 Å². The van der Waals surface area contributed by atoms with Gasteiger partial charge in [0, 0.05) is 12.1 Å². The molecular formula is C23H30Cl2N2O3S. The summed E-state index contributed by atoms with van der Waals surface area (Å²) in [4.78, 5) is 13.2. The van der Waals surface area contributed by atoms with Crippen molar-refractivity contribution in [1.29, 1.82) is 0 Å². The largest absolute Gasteiger partial charge is 0.349 e. The number of benzene rings is 1. The van der Waals surface area contributed by atoms with Gasteiger partial charge in [-0.2, -0.15) is 0 Å². The maximum atomic E-state index is 13.3. The zero-order valence-electron chi connectivity index (χ0n) is 17.8. The molecule has 2 N–H and O–H groups in total. The molecule has 1 amide bonds. The van der Waals surface area contributed by atoms with Crippen LogP contribution in [0.15, 0.2) is 17.0 Å². The molecule has 0 saturated heterocycles. The van der Waals surface area contributed by atoms with Crippen LogP contribution < -0.4 is 10.0 Å². The molecule has 1 atom stereocenters. The Bertz CT molecular complexity index is 971. The van der Waals surface area contributed by atoms with Gasteiger partial charge in [0.1, 0.15) is 4.90 Å². The van der Waals surface area contributed by atoms with Gasteiger partial charge in [0.15, 0.2) is 0 Å². The van der Waals surface area contributed by atoms with E-state index >= 15 is 0 Å². The lowest BCUT2D eigenvalue weighted by molar-refractivity contribution is -0.0727. The Kier molecular flexibility index (Phi) is 5.60. The predicted molar refractivity (Wildman–Crippen MR) is 122 cm³/mol. The summed E-state index contributed by atoms with van der Waals surface area (Å²) in [5, 5.41) is 3.46. The van der Waals surface area contributed by atoms with Crippen LogP contribution in [-0.2, 0) is 10.0 Å². The minimum absolute atomic E-state index is 0.0304. The summed E-state index contributed by atoms with van der Waals surface area (Å²) in [6.07, 6.45) is 10.1. The van der Waals surface area contributed by atoms with E-state index in [4.69, 9.17) is 23.2 Å². The molecule has 1 aromatic rings. The van der Waals surface area contributed by atoms with E-state index in [2.05, 4.69) is 17.0 Å². The van der Waals surface area contributed by atoms with Gasteiger partial charge in [0.05, 0.1) is 15.6 Å². The van der Waals surface area contributed by atoms with Crippen molar-refractivity contribution in [2.45, 2.75) is 81.7 Å². The summed E-state index contributed by atoms with van der Waals surface area (Å²) in [7, 11) is -3.79. The summed E-state index contributed by atoms with van der Waals surface area (Å²) < 4.78 is 28.1. The highest BCUT2D eigenvalue weighted by Crippen LogP contribution is 2.61. The first-order chi connectivity index (χ1) is 14.7. The Morgan fingerprint density at radius 2 is 1.65 bits per heavy atom. The number of hydrogen-bond donors (Lipinski definition) is 2. The lowest BCUT2D eigenvalue weighted by atomic mass is 9.47. The monoisotopic (exact) mass is 484 g/mol. The van der Waals surface area contributed by atoms with Crippen molar-refractivity contribution >= 4 is 39.1 Å². The number of nitrogens with one attached hydrogen (secondary N) is 2. The second kappa shape index (κ2) is 7.89. The van der Waals surface area contributed by atoms with Gasteiger partial charge < -0.3 is 5.32 Å². The van der Waals surface area contributed by atoms with Gasteiger partial charge in [-0.1, -0.05) is 30.1 Å². The van der Waals surface area contributed by atoms with Crippen LogP contribution in [0.2, 0.25) is 10.0 Å². The third-order valence-corrected chi connectivity index (χ3v) is 10.3. The molecule has 6 rings (SSSR count). The van der Waals surface area contributed by atoms with Crippen LogP contribution in [0.5, 0.6) is 0 Å². The SMILES string of the molecule is CC[C@H](NC(=O)c1cc(S(=O)(=O)NC2CC2)c(Cl)cc1Cl)C12CC3CC(CC(C3)C1)C2. The fraction of sp³-hybridized carbons (Fsp3) is 0.696. The predicted octanol–water partition coefficient (Wildman–Crippen LogP) is 5.16. The van der Waals surface area contributed by atoms with Gasteiger partial charge in [0.25, 0.3) is 5.91 Å². The van der Waals surface area contributed by atoms with Gasteiger partial charge in [-0.25, -0.2) is 13.1 Å². The van der Waals surface area contributed by atoms with E-state index in [1.807, 2.05) is 0 Å². The number of amides is 1. The van der Waals surface area contributed by atoms with Gasteiger partial charge in [-0.3, -0.25) is 4.79 Å². The minimum atomic E-state index is -3.79. The van der Waals surface area contributed by atoms with Crippen LogP contribution in [0.25, 0.3) is 0 Å². The molecule has 4 bridgehead atoms. The molecule has 8 heteroatoms. The van der Waals surface area contributed by atoms with Gasteiger partial charge >= 0.3 is 0 Å². The molecule has 0 aromatic heterocycles. The Labute approximate surface area is 194 Å². The number of carbonyl (C=O) groups excluding carboxylic acids is 1. The summed E-state index contributed by atoms with van der Waals surface area (Å²) in [5.41, 5.74) is 0.339. The van der Waals surface area contributed by atoms with Crippen molar-refractivity contribution in [3.8, 4) is 0 Å². The highest BCUT2D eigenvalue weighted by molar-refractivity contribution is 7.89. The summed E-state index contributed by atoms with van der Waals surface area (Å²) in [6, 6.07) is 2.72. The summed E-state index contributed by atoms with van der Waals surface area (Å²) >= 11 is 12.6. The average Bonchev–Trinajstić information content (AvgIpc) is 3.47. The van der Waals surface area contributed by atoms with Crippen molar-refractivity contribution in [1.82, 2.24) is 10.0 Å². The summed E-state index contributed by atoms with van der Waals surface area (Å²) in [6.45, 7) is 2.13. The fourth-order valence-corrected chi connectivity index (χ4v) is 9.09. The topological polar surface area (TPSA) is 75.3 Å². The van der Waals surface area contributed by atoms with E-state index in [-0.39, 0.29) is 43.9 Å². The standard InChI is InChI=1S/C23H30Cl2N2O3S/c1-2-21(23-10-13-5-14(11-23)7-15(6-13)12-23)26-22(28)17-8-20(19(25)9-18(17)24)31(29,30)27-16-3-4-16/h8-9,13-16,21,27H,2-7,10-12H2,1H3,(H,26,28)/t13?,14?,15?,21-,23?/m0/s1. The van der Waals surface area contributed by atoms with Gasteiger partial charge in [-0.15, -0.1) is 0 Å². The van der Waals surface area contributed by atoms with E-state index in [0.717, 1.165) is 37.0 Å². The van der Waals surface area contributed by atoms with Crippen LogP contribution in [0.3, 0.4) is 0 Å². The molecule has 1 aromatic carbocycles. The Morgan fingerprint density at radius 3 is 2.16 bits per heavy atom. The highest BCUT2D eigenvalue weighted by Gasteiger charge is 2.54. The van der Waals surface area contributed by atoms with Crippen molar-refractivity contribution in [3.63, 3.8) is 0 Å². The van der Waals surface area contributed by atoms with Crippen LogP contribution in [0.1, 0.15) is 75.1 Å². The first-order valence-corrected chi connectivity index (χ1v) is 13.8. The Hall–Kier alpha value is -0.820. The highest BCUT2D eigenvalue weighted by atomic mass is 35.5. The molecule has 5 saturated carbocycles. The molecular weight excluding hydrogens is 455 g/mol. The lowest BCUT2D eigenvalue weighted by Gasteiger charge is -2.59. The second-order valence-electron chi connectivity index (χ2n) is 10.4. The number of halogens is 2. The molecule has 170 valence electrons. The number of sulfonamides is 1. The number of carbonyl (C=O) groups is 1. The molecule has 5 fully saturated rings. The molecule has 0 spiro atoms. The fourth-order valence-electron chi connectivity index (χ4n) is 6.92. The Morgan fingerprint density at radius 1 is 1.06 bits per heavy atom. The van der Waals surface area contributed by atoms with Crippen molar-refractivity contribution < 1.29 is 13.2 Å². The minimum Gasteiger partial charge on any atom is -0.349 e. The smallest absolute Gasteiger partial charge is 0.253 e. The van der Waals surface area contributed by atoms with E-state index in [1.165, 1.54) is 50.7 Å². The molecule has 0 radical (unpaired) electrons. The lowest BCUT2D eigenvalue weighted by Crippen LogP contribution is -2.56.